The molecule has 1 atom stereocenters. The van der Waals surface area contributed by atoms with Crippen LogP contribution in [0.25, 0.3) is 0 Å². The number of methoxy groups -OCH3 is 1. The molecule has 0 fully saturated rings. The van der Waals surface area contributed by atoms with E-state index in [0.29, 0.717) is 11.4 Å². The Morgan fingerprint density at radius 1 is 1.33 bits per heavy atom. The van der Waals surface area contributed by atoms with Crippen molar-refractivity contribution in [2.45, 2.75) is 13.0 Å². The molecule has 0 spiro atoms. The average Bonchev–Trinajstić information content (AvgIpc) is 2.38. The molecule has 0 amide bonds. The maximum atomic E-state index is 10.4. The fraction of sp³-hybridized carbons (Fsp3) is 0.214. The highest BCUT2D eigenvalue weighted by atomic mass is 79.9. The van der Waals surface area contributed by atoms with E-state index in [0.717, 1.165) is 15.6 Å². The standard InChI is InChI=1S/C14H14BrNO2/c1-9-5-6-10(11(15)8-9)14(17)13-12(18-2)4-3-7-16-13/h3-8,14,17H,1-2H3. The number of rotatable bonds is 3. The van der Waals surface area contributed by atoms with Crippen LogP contribution >= 0.6 is 15.9 Å². The number of hydrogen-bond donors (Lipinski definition) is 1. The van der Waals surface area contributed by atoms with E-state index in [4.69, 9.17) is 4.74 Å². The Labute approximate surface area is 115 Å². The van der Waals surface area contributed by atoms with Gasteiger partial charge in [0.25, 0.3) is 0 Å². The quantitative estimate of drug-likeness (QED) is 0.946. The number of nitrogens with zero attached hydrogens (tertiary/aromatic N) is 1. The van der Waals surface area contributed by atoms with E-state index in [1.807, 2.05) is 25.1 Å². The molecular weight excluding hydrogens is 294 g/mol. The minimum Gasteiger partial charge on any atom is -0.495 e. The van der Waals surface area contributed by atoms with Crippen molar-refractivity contribution >= 4 is 15.9 Å². The van der Waals surface area contributed by atoms with E-state index >= 15 is 0 Å². The van der Waals surface area contributed by atoms with Crippen LogP contribution in [0.3, 0.4) is 0 Å². The third kappa shape index (κ3) is 2.54. The van der Waals surface area contributed by atoms with Crippen LogP contribution in [0.15, 0.2) is 41.0 Å². The molecule has 0 saturated heterocycles. The van der Waals surface area contributed by atoms with Crippen molar-refractivity contribution in [1.29, 1.82) is 0 Å². The first-order valence-corrected chi connectivity index (χ1v) is 6.36. The Morgan fingerprint density at radius 3 is 2.78 bits per heavy atom. The number of halogens is 1. The van der Waals surface area contributed by atoms with Crippen LogP contribution in [0.1, 0.15) is 22.9 Å². The van der Waals surface area contributed by atoms with Crippen molar-refractivity contribution in [1.82, 2.24) is 4.98 Å². The second-order valence-electron chi connectivity index (χ2n) is 4.02. The molecule has 0 bridgehead atoms. The molecule has 2 aromatic rings. The highest BCUT2D eigenvalue weighted by Gasteiger charge is 2.18. The summed E-state index contributed by atoms with van der Waals surface area (Å²) in [7, 11) is 1.57. The number of aryl methyl sites for hydroxylation is 1. The van der Waals surface area contributed by atoms with E-state index in [-0.39, 0.29) is 0 Å². The van der Waals surface area contributed by atoms with Gasteiger partial charge in [0.15, 0.2) is 0 Å². The summed E-state index contributed by atoms with van der Waals surface area (Å²) in [4.78, 5) is 4.19. The molecule has 0 aliphatic heterocycles. The molecule has 0 radical (unpaired) electrons. The molecule has 2 rings (SSSR count). The van der Waals surface area contributed by atoms with Gasteiger partial charge in [-0.2, -0.15) is 0 Å². The van der Waals surface area contributed by atoms with Crippen LogP contribution < -0.4 is 4.74 Å². The van der Waals surface area contributed by atoms with Gasteiger partial charge in [-0.1, -0.05) is 28.1 Å². The van der Waals surface area contributed by atoms with E-state index in [2.05, 4.69) is 20.9 Å². The number of benzene rings is 1. The molecule has 1 unspecified atom stereocenters. The van der Waals surface area contributed by atoms with E-state index in [1.54, 1.807) is 25.4 Å². The average molecular weight is 308 g/mol. The lowest BCUT2D eigenvalue weighted by atomic mass is 10.0. The van der Waals surface area contributed by atoms with Gasteiger partial charge in [-0.3, -0.25) is 4.98 Å². The minimum atomic E-state index is -0.809. The molecule has 1 aromatic heterocycles. The number of pyridine rings is 1. The fourth-order valence-electron chi connectivity index (χ4n) is 1.78. The van der Waals surface area contributed by atoms with Gasteiger partial charge in [0.05, 0.1) is 7.11 Å². The van der Waals surface area contributed by atoms with E-state index in [1.165, 1.54) is 0 Å². The molecule has 0 aliphatic carbocycles. The smallest absolute Gasteiger partial charge is 0.143 e. The summed E-state index contributed by atoms with van der Waals surface area (Å²) in [6.07, 6.45) is 0.833. The molecule has 4 heteroatoms. The summed E-state index contributed by atoms with van der Waals surface area (Å²) in [5.41, 5.74) is 2.42. The van der Waals surface area contributed by atoms with Crippen molar-refractivity contribution in [3.63, 3.8) is 0 Å². The maximum absolute atomic E-state index is 10.4. The molecule has 18 heavy (non-hydrogen) atoms. The van der Waals surface area contributed by atoms with Crippen molar-refractivity contribution in [3.8, 4) is 5.75 Å². The third-order valence-electron chi connectivity index (χ3n) is 2.73. The molecule has 0 saturated carbocycles. The number of ether oxygens (including phenoxy) is 1. The summed E-state index contributed by atoms with van der Waals surface area (Å²) >= 11 is 3.46. The van der Waals surface area contributed by atoms with Gasteiger partial charge in [0.1, 0.15) is 17.5 Å². The maximum Gasteiger partial charge on any atom is 0.143 e. The van der Waals surface area contributed by atoms with Crippen LogP contribution in [0.2, 0.25) is 0 Å². The monoisotopic (exact) mass is 307 g/mol. The minimum absolute atomic E-state index is 0.518. The van der Waals surface area contributed by atoms with E-state index in [9.17, 15) is 5.11 Å². The van der Waals surface area contributed by atoms with Gasteiger partial charge in [0, 0.05) is 16.2 Å². The molecule has 1 N–H and O–H groups in total. The van der Waals surface area contributed by atoms with Gasteiger partial charge in [-0.05, 0) is 30.7 Å². The Hall–Kier alpha value is -1.39. The second kappa shape index (κ2) is 5.50. The van der Waals surface area contributed by atoms with E-state index < -0.39 is 6.10 Å². The van der Waals surface area contributed by atoms with Gasteiger partial charge in [-0.25, -0.2) is 0 Å². The first-order valence-electron chi connectivity index (χ1n) is 5.56. The van der Waals surface area contributed by atoms with Crippen LogP contribution in [-0.4, -0.2) is 17.2 Å². The summed E-state index contributed by atoms with van der Waals surface area (Å²) in [5.74, 6) is 0.581. The normalized spacial score (nSPS) is 12.2. The zero-order chi connectivity index (χ0) is 13.1. The lowest BCUT2D eigenvalue weighted by Crippen LogP contribution is -2.05. The summed E-state index contributed by atoms with van der Waals surface area (Å²) in [6.45, 7) is 2.00. The molecular formula is C14H14BrNO2. The van der Waals surface area contributed by atoms with Crippen molar-refractivity contribution in [2.24, 2.45) is 0 Å². The summed E-state index contributed by atoms with van der Waals surface area (Å²) in [5, 5.41) is 10.4. The largest absolute Gasteiger partial charge is 0.495 e. The Balaban J connectivity index is 2.44. The Bertz CT molecular complexity index is 557. The second-order valence-corrected chi connectivity index (χ2v) is 4.87. The predicted molar refractivity (Wildman–Crippen MR) is 73.7 cm³/mol. The zero-order valence-electron chi connectivity index (χ0n) is 10.2. The van der Waals surface area contributed by atoms with Crippen LogP contribution in [0.4, 0.5) is 0 Å². The molecule has 0 aliphatic rings. The van der Waals surface area contributed by atoms with Crippen molar-refractivity contribution < 1.29 is 9.84 Å². The third-order valence-corrected chi connectivity index (χ3v) is 3.42. The highest BCUT2D eigenvalue weighted by molar-refractivity contribution is 9.10. The predicted octanol–water partition coefficient (Wildman–Crippen LogP) is 3.24. The number of aliphatic hydroxyl groups is 1. The first-order chi connectivity index (χ1) is 8.63. The lowest BCUT2D eigenvalue weighted by Gasteiger charge is -2.15. The molecule has 1 heterocycles. The Kier molecular flexibility index (Phi) is 3.99. The number of aromatic nitrogens is 1. The summed E-state index contributed by atoms with van der Waals surface area (Å²) < 4.78 is 6.08. The van der Waals surface area contributed by atoms with Gasteiger partial charge < -0.3 is 9.84 Å². The number of hydrogen-bond acceptors (Lipinski definition) is 3. The fourth-order valence-corrected chi connectivity index (χ4v) is 2.49. The van der Waals surface area contributed by atoms with Crippen molar-refractivity contribution in [3.05, 3.63) is 57.8 Å². The molecule has 94 valence electrons. The van der Waals surface area contributed by atoms with Gasteiger partial charge in [-0.15, -0.1) is 0 Å². The summed E-state index contributed by atoms with van der Waals surface area (Å²) in [6, 6.07) is 9.37. The highest BCUT2D eigenvalue weighted by Crippen LogP contribution is 2.32. The van der Waals surface area contributed by atoms with Gasteiger partial charge >= 0.3 is 0 Å². The zero-order valence-corrected chi connectivity index (χ0v) is 11.8. The first kappa shape index (κ1) is 13.1. The van der Waals surface area contributed by atoms with Crippen molar-refractivity contribution in [2.75, 3.05) is 7.11 Å². The van der Waals surface area contributed by atoms with Crippen LogP contribution in [0.5, 0.6) is 5.75 Å². The Morgan fingerprint density at radius 2 is 2.11 bits per heavy atom. The SMILES string of the molecule is COc1cccnc1C(O)c1ccc(C)cc1Br. The van der Waals surface area contributed by atoms with Crippen LogP contribution in [-0.2, 0) is 0 Å². The molecule has 1 aromatic carbocycles. The molecule has 3 nitrogen and oxygen atoms in total. The topological polar surface area (TPSA) is 42.4 Å². The number of aliphatic hydroxyl groups excluding tert-OH is 1. The lowest BCUT2D eigenvalue weighted by molar-refractivity contribution is 0.208. The van der Waals surface area contributed by atoms with Gasteiger partial charge in [0.2, 0.25) is 0 Å². The van der Waals surface area contributed by atoms with Crippen LogP contribution in [0, 0.1) is 6.92 Å².